The first kappa shape index (κ1) is 16.5. The zero-order valence-electron chi connectivity index (χ0n) is 12.6. The minimum Gasteiger partial charge on any atom is -0.315 e. The van der Waals surface area contributed by atoms with Gasteiger partial charge in [0, 0.05) is 19.6 Å². The van der Waals surface area contributed by atoms with Crippen LogP contribution in [0.15, 0.2) is 41.1 Å². The van der Waals surface area contributed by atoms with E-state index in [2.05, 4.69) is 10.2 Å². The molecule has 6 heteroatoms. The third-order valence-electron chi connectivity index (χ3n) is 4.16. The number of rotatable bonds is 3. The van der Waals surface area contributed by atoms with Gasteiger partial charge >= 0.3 is 6.18 Å². The highest BCUT2D eigenvalue weighted by Gasteiger charge is 2.37. The van der Waals surface area contributed by atoms with Gasteiger partial charge < -0.3 is 5.32 Å². The minimum absolute atomic E-state index is 0.348. The molecule has 23 heavy (non-hydrogen) atoms. The fourth-order valence-corrected chi connectivity index (χ4v) is 3.81. The molecule has 0 spiro atoms. The van der Waals surface area contributed by atoms with Crippen molar-refractivity contribution in [3.8, 4) is 0 Å². The van der Waals surface area contributed by atoms with Gasteiger partial charge in [-0.15, -0.1) is 0 Å². The molecular formula is C17H19F3N2S. The smallest absolute Gasteiger partial charge is 0.315 e. The summed E-state index contributed by atoms with van der Waals surface area (Å²) in [4.78, 5) is 2.16. The van der Waals surface area contributed by atoms with Crippen molar-refractivity contribution >= 4 is 11.3 Å². The molecule has 0 radical (unpaired) electrons. The molecule has 1 unspecified atom stereocenters. The summed E-state index contributed by atoms with van der Waals surface area (Å²) in [5, 5.41) is 7.19. The minimum atomic E-state index is -4.34. The van der Waals surface area contributed by atoms with Gasteiger partial charge in [-0.3, -0.25) is 4.90 Å². The van der Waals surface area contributed by atoms with E-state index in [0.717, 1.165) is 38.2 Å². The second kappa shape index (κ2) is 7.03. The van der Waals surface area contributed by atoms with E-state index in [0.29, 0.717) is 5.56 Å². The summed E-state index contributed by atoms with van der Waals surface area (Å²) in [6.07, 6.45) is -3.40. The van der Waals surface area contributed by atoms with Gasteiger partial charge in [0.25, 0.3) is 0 Å². The van der Waals surface area contributed by atoms with Gasteiger partial charge in [-0.25, -0.2) is 0 Å². The van der Waals surface area contributed by atoms with E-state index >= 15 is 0 Å². The highest BCUT2D eigenvalue weighted by Crippen LogP contribution is 2.39. The molecule has 0 bridgehead atoms. The Morgan fingerprint density at radius 3 is 2.65 bits per heavy atom. The molecule has 0 aliphatic carbocycles. The molecule has 3 rings (SSSR count). The summed E-state index contributed by atoms with van der Waals surface area (Å²) < 4.78 is 40.4. The van der Waals surface area contributed by atoms with Crippen LogP contribution >= 0.6 is 11.3 Å². The molecule has 1 aliphatic heterocycles. The summed E-state index contributed by atoms with van der Waals surface area (Å²) in [6.45, 7) is 3.25. The second-order valence-electron chi connectivity index (χ2n) is 5.68. The van der Waals surface area contributed by atoms with Crippen LogP contribution in [0.1, 0.15) is 29.2 Å². The number of halogens is 3. The first-order chi connectivity index (χ1) is 11.1. The number of hydrogen-bond acceptors (Lipinski definition) is 3. The number of thiophene rings is 1. The quantitative estimate of drug-likeness (QED) is 0.903. The van der Waals surface area contributed by atoms with E-state index in [1.54, 1.807) is 12.1 Å². The Kier molecular flexibility index (Phi) is 5.04. The van der Waals surface area contributed by atoms with Gasteiger partial charge in [-0.05, 0) is 47.0 Å². The summed E-state index contributed by atoms with van der Waals surface area (Å²) in [6, 6.07) is 7.54. The molecule has 1 aliphatic rings. The van der Waals surface area contributed by atoms with Gasteiger partial charge in [-0.1, -0.05) is 18.2 Å². The van der Waals surface area contributed by atoms with Crippen LogP contribution in [0.25, 0.3) is 0 Å². The lowest BCUT2D eigenvalue weighted by molar-refractivity contribution is -0.138. The summed E-state index contributed by atoms with van der Waals surface area (Å²) >= 11 is 1.52. The van der Waals surface area contributed by atoms with E-state index < -0.39 is 11.7 Å². The number of nitrogens with one attached hydrogen (secondary N) is 1. The molecular weight excluding hydrogens is 321 g/mol. The van der Waals surface area contributed by atoms with Gasteiger partial charge in [0.05, 0.1) is 11.6 Å². The third kappa shape index (κ3) is 3.76. The van der Waals surface area contributed by atoms with Crippen molar-refractivity contribution in [2.24, 2.45) is 0 Å². The Morgan fingerprint density at radius 1 is 1.09 bits per heavy atom. The third-order valence-corrected chi connectivity index (χ3v) is 4.86. The van der Waals surface area contributed by atoms with Gasteiger partial charge in [-0.2, -0.15) is 24.5 Å². The molecule has 124 valence electrons. The molecule has 2 nitrogen and oxygen atoms in total. The van der Waals surface area contributed by atoms with E-state index in [1.807, 2.05) is 16.8 Å². The highest BCUT2D eigenvalue weighted by molar-refractivity contribution is 7.08. The molecule has 1 fully saturated rings. The Morgan fingerprint density at radius 2 is 1.91 bits per heavy atom. The van der Waals surface area contributed by atoms with Gasteiger partial charge in [0.1, 0.15) is 0 Å². The summed E-state index contributed by atoms with van der Waals surface area (Å²) in [7, 11) is 0. The topological polar surface area (TPSA) is 15.3 Å². The maximum atomic E-state index is 13.5. The van der Waals surface area contributed by atoms with E-state index in [1.165, 1.54) is 23.5 Å². The van der Waals surface area contributed by atoms with E-state index in [4.69, 9.17) is 0 Å². The van der Waals surface area contributed by atoms with Crippen molar-refractivity contribution < 1.29 is 13.2 Å². The highest BCUT2D eigenvalue weighted by atomic mass is 32.1. The van der Waals surface area contributed by atoms with Crippen molar-refractivity contribution in [3.63, 3.8) is 0 Å². The lowest BCUT2D eigenvalue weighted by Gasteiger charge is -2.32. The zero-order valence-corrected chi connectivity index (χ0v) is 13.5. The molecule has 2 heterocycles. The summed E-state index contributed by atoms with van der Waals surface area (Å²) in [5.74, 6) is 0. The second-order valence-corrected chi connectivity index (χ2v) is 6.46. The monoisotopic (exact) mass is 340 g/mol. The lowest BCUT2D eigenvalue weighted by atomic mass is 9.94. The van der Waals surface area contributed by atoms with Crippen LogP contribution < -0.4 is 5.32 Å². The fourth-order valence-electron chi connectivity index (χ4n) is 3.14. The molecule has 1 N–H and O–H groups in total. The molecule has 1 saturated heterocycles. The normalized spacial score (nSPS) is 18.6. The number of nitrogens with zero attached hydrogens (tertiary/aromatic N) is 1. The average molecular weight is 340 g/mol. The number of benzene rings is 1. The first-order valence-electron chi connectivity index (χ1n) is 7.70. The van der Waals surface area contributed by atoms with Crippen molar-refractivity contribution in [3.05, 3.63) is 57.8 Å². The molecule has 1 atom stereocenters. The van der Waals surface area contributed by atoms with Gasteiger partial charge in [0.15, 0.2) is 0 Å². The fraction of sp³-hybridized carbons (Fsp3) is 0.412. The molecule has 1 aromatic carbocycles. The van der Waals surface area contributed by atoms with Gasteiger partial charge in [0.2, 0.25) is 0 Å². The van der Waals surface area contributed by atoms with Crippen molar-refractivity contribution in [2.75, 3.05) is 26.2 Å². The largest absolute Gasteiger partial charge is 0.416 e. The van der Waals surface area contributed by atoms with Crippen LogP contribution in [-0.4, -0.2) is 31.1 Å². The van der Waals surface area contributed by atoms with Crippen LogP contribution in [0.4, 0.5) is 13.2 Å². The van der Waals surface area contributed by atoms with E-state index in [-0.39, 0.29) is 6.04 Å². The van der Waals surface area contributed by atoms with Crippen LogP contribution in [0.5, 0.6) is 0 Å². The van der Waals surface area contributed by atoms with Crippen LogP contribution in [-0.2, 0) is 6.18 Å². The van der Waals surface area contributed by atoms with Crippen molar-refractivity contribution in [1.82, 2.24) is 10.2 Å². The molecule has 0 amide bonds. The molecule has 0 saturated carbocycles. The van der Waals surface area contributed by atoms with Crippen LogP contribution in [0.3, 0.4) is 0 Å². The zero-order chi connectivity index (χ0) is 16.3. The predicted molar refractivity (Wildman–Crippen MR) is 86.7 cm³/mol. The number of hydrogen-bond donors (Lipinski definition) is 1. The Bertz CT molecular complexity index is 617. The molecule has 1 aromatic heterocycles. The standard InChI is InChI=1S/C17H19F3N2S/c18-17(19,20)15-5-2-1-4-14(15)16(13-6-11-23-12-13)22-9-3-7-21-8-10-22/h1-2,4-6,11-12,16,21H,3,7-10H2. The Balaban J connectivity index is 2.06. The lowest BCUT2D eigenvalue weighted by Crippen LogP contribution is -2.34. The predicted octanol–water partition coefficient (Wildman–Crippen LogP) is 4.15. The van der Waals surface area contributed by atoms with Crippen LogP contribution in [0.2, 0.25) is 0 Å². The summed E-state index contributed by atoms with van der Waals surface area (Å²) in [5.41, 5.74) is 0.752. The maximum absolute atomic E-state index is 13.5. The number of alkyl halides is 3. The Labute approximate surface area is 137 Å². The average Bonchev–Trinajstić information content (AvgIpc) is 2.90. The molecule has 2 aromatic rings. The maximum Gasteiger partial charge on any atom is 0.416 e. The first-order valence-corrected chi connectivity index (χ1v) is 8.64. The van der Waals surface area contributed by atoms with E-state index in [9.17, 15) is 13.2 Å². The van der Waals surface area contributed by atoms with Crippen molar-refractivity contribution in [2.45, 2.75) is 18.6 Å². The van der Waals surface area contributed by atoms with Crippen molar-refractivity contribution in [1.29, 1.82) is 0 Å². The van der Waals surface area contributed by atoms with Crippen LogP contribution in [0, 0.1) is 0 Å². The SMILES string of the molecule is FC(F)(F)c1ccccc1C(c1ccsc1)N1CCCNCC1. The Hall–Kier alpha value is -1.37.